The molecule has 1 saturated carbocycles. The average Bonchev–Trinajstić information content (AvgIpc) is 1.80. The van der Waals surface area contributed by atoms with E-state index >= 15 is 0 Å². The first-order valence-electron chi connectivity index (χ1n) is 4.16. The Morgan fingerprint density at radius 2 is 2.08 bits per heavy atom. The molecule has 0 aromatic carbocycles. The highest BCUT2D eigenvalue weighted by Crippen LogP contribution is 2.26. The van der Waals surface area contributed by atoms with Gasteiger partial charge in [0, 0.05) is 6.61 Å². The number of hydrogen-bond donors (Lipinski definition) is 1. The van der Waals surface area contributed by atoms with Gasteiger partial charge in [-0.2, -0.15) is 0 Å². The van der Waals surface area contributed by atoms with E-state index in [1.54, 1.807) is 0 Å². The van der Waals surface area contributed by atoms with E-state index in [1.165, 1.54) is 19.3 Å². The summed E-state index contributed by atoms with van der Waals surface area (Å²) < 4.78 is 26.1. The fourth-order valence-corrected chi connectivity index (χ4v) is 1.43. The highest BCUT2D eigenvalue weighted by atomic mass is 32.2. The van der Waals surface area contributed by atoms with Gasteiger partial charge in [-0.3, -0.25) is 0 Å². The Balaban J connectivity index is 1.95. The number of sulfonamides is 1. The van der Waals surface area contributed by atoms with Gasteiger partial charge in [0.1, 0.15) is 0 Å². The molecule has 0 saturated heterocycles. The van der Waals surface area contributed by atoms with Gasteiger partial charge in [-0.05, 0) is 18.8 Å². The standard InChI is InChI=1S/C7H15NO3S/c8-12(9,10)5-4-11-6-7-2-1-3-7/h7H,1-6H2,(H2,8,9,10). The molecule has 0 aromatic heterocycles. The quantitative estimate of drug-likeness (QED) is 0.629. The lowest BCUT2D eigenvalue weighted by Gasteiger charge is -2.24. The van der Waals surface area contributed by atoms with Gasteiger partial charge in [0.2, 0.25) is 10.0 Å². The van der Waals surface area contributed by atoms with E-state index < -0.39 is 10.0 Å². The Labute approximate surface area is 73.1 Å². The molecule has 0 atom stereocenters. The highest BCUT2D eigenvalue weighted by Gasteiger charge is 2.17. The van der Waals surface area contributed by atoms with E-state index in [9.17, 15) is 8.42 Å². The number of nitrogens with two attached hydrogens (primary N) is 1. The summed E-state index contributed by atoms with van der Waals surface area (Å²) in [6.45, 7) is 0.921. The van der Waals surface area contributed by atoms with Crippen molar-refractivity contribution < 1.29 is 13.2 Å². The molecule has 1 rings (SSSR count). The number of hydrogen-bond acceptors (Lipinski definition) is 3. The average molecular weight is 193 g/mol. The Kier molecular flexibility index (Phi) is 3.49. The maximum atomic E-state index is 10.5. The van der Waals surface area contributed by atoms with Crippen LogP contribution in [0.4, 0.5) is 0 Å². The minimum atomic E-state index is -3.34. The summed E-state index contributed by atoms with van der Waals surface area (Å²) in [5.41, 5.74) is 0. The molecule has 12 heavy (non-hydrogen) atoms. The number of rotatable bonds is 5. The highest BCUT2D eigenvalue weighted by molar-refractivity contribution is 7.89. The molecule has 0 bridgehead atoms. The van der Waals surface area contributed by atoms with E-state index in [4.69, 9.17) is 9.88 Å². The molecule has 5 heteroatoms. The second-order valence-corrected chi connectivity index (χ2v) is 4.97. The van der Waals surface area contributed by atoms with E-state index in [0.717, 1.165) is 0 Å². The van der Waals surface area contributed by atoms with Crippen LogP contribution in [-0.2, 0) is 14.8 Å². The minimum absolute atomic E-state index is 0.0697. The zero-order valence-corrected chi connectivity index (χ0v) is 7.85. The van der Waals surface area contributed by atoms with E-state index in [-0.39, 0.29) is 12.4 Å². The lowest BCUT2D eigenvalue weighted by atomic mass is 9.86. The molecule has 0 radical (unpaired) electrons. The summed E-state index contributed by atoms with van der Waals surface area (Å²) in [5, 5.41) is 4.79. The molecule has 0 aromatic rings. The molecule has 0 aliphatic heterocycles. The summed E-state index contributed by atoms with van der Waals surface area (Å²) in [6.07, 6.45) is 3.72. The van der Waals surface area contributed by atoms with Crippen LogP contribution in [0.2, 0.25) is 0 Å². The van der Waals surface area contributed by atoms with Crippen LogP contribution in [-0.4, -0.2) is 27.4 Å². The van der Waals surface area contributed by atoms with Crippen molar-refractivity contribution in [1.82, 2.24) is 0 Å². The number of ether oxygens (including phenoxy) is 1. The molecule has 0 unspecified atom stereocenters. The third kappa shape index (κ3) is 4.04. The second-order valence-electron chi connectivity index (χ2n) is 3.24. The van der Waals surface area contributed by atoms with Crippen LogP contribution in [0.25, 0.3) is 0 Å². The van der Waals surface area contributed by atoms with Gasteiger partial charge >= 0.3 is 0 Å². The Hall–Kier alpha value is -0.130. The van der Waals surface area contributed by atoms with Crippen molar-refractivity contribution in [1.29, 1.82) is 0 Å². The monoisotopic (exact) mass is 193 g/mol. The van der Waals surface area contributed by atoms with Crippen molar-refractivity contribution >= 4 is 10.0 Å². The molecule has 4 nitrogen and oxygen atoms in total. The van der Waals surface area contributed by atoms with Crippen LogP contribution in [0, 0.1) is 5.92 Å². The Bertz CT molecular complexity index is 221. The molecule has 0 spiro atoms. The third-order valence-electron chi connectivity index (χ3n) is 2.09. The molecule has 2 N–H and O–H groups in total. The summed E-state index contributed by atoms with van der Waals surface area (Å²) in [7, 11) is -3.34. The normalized spacial score (nSPS) is 19.1. The van der Waals surface area contributed by atoms with Gasteiger partial charge in [0.05, 0.1) is 12.4 Å². The topological polar surface area (TPSA) is 69.4 Å². The zero-order valence-electron chi connectivity index (χ0n) is 7.03. The summed E-state index contributed by atoms with van der Waals surface area (Å²) in [6, 6.07) is 0. The van der Waals surface area contributed by atoms with Crippen molar-refractivity contribution in [3.8, 4) is 0 Å². The van der Waals surface area contributed by atoms with Crippen molar-refractivity contribution in [2.24, 2.45) is 11.1 Å². The first-order chi connectivity index (χ1) is 5.58. The van der Waals surface area contributed by atoms with Crippen molar-refractivity contribution in [3.63, 3.8) is 0 Å². The van der Waals surface area contributed by atoms with Gasteiger partial charge in [-0.25, -0.2) is 13.6 Å². The van der Waals surface area contributed by atoms with Gasteiger partial charge in [0.25, 0.3) is 0 Å². The zero-order chi connectivity index (χ0) is 9.03. The SMILES string of the molecule is NS(=O)(=O)CCOCC1CCC1. The second kappa shape index (κ2) is 4.20. The largest absolute Gasteiger partial charge is 0.380 e. The smallest absolute Gasteiger partial charge is 0.211 e. The number of primary sulfonamides is 1. The Morgan fingerprint density at radius 1 is 1.42 bits per heavy atom. The fraction of sp³-hybridized carbons (Fsp3) is 1.00. The van der Waals surface area contributed by atoms with Crippen LogP contribution in [0.15, 0.2) is 0 Å². The van der Waals surface area contributed by atoms with Crippen LogP contribution in [0.5, 0.6) is 0 Å². The molecule has 1 fully saturated rings. The van der Waals surface area contributed by atoms with Gasteiger partial charge in [-0.15, -0.1) is 0 Å². The van der Waals surface area contributed by atoms with Gasteiger partial charge < -0.3 is 4.74 Å². The first-order valence-corrected chi connectivity index (χ1v) is 5.88. The molecule has 0 heterocycles. The summed E-state index contributed by atoms with van der Waals surface area (Å²) in [5.74, 6) is 0.588. The molecule has 1 aliphatic carbocycles. The van der Waals surface area contributed by atoms with Gasteiger partial charge in [0.15, 0.2) is 0 Å². The minimum Gasteiger partial charge on any atom is -0.380 e. The molecular weight excluding hydrogens is 178 g/mol. The maximum Gasteiger partial charge on any atom is 0.211 e. The predicted octanol–water partition coefficient (Wildman–Crippen LogP) is 0.0916. The lowest BCUT2D eigenvalue weighted by Crippen LogP contribution is -2.23. The summed E-state index contributed by atoms with van der Waals surface area (Å²) >= 11 is 0. The van der Waals surface area contributed by atoms with Crippen LogP contribution in [0.1, 0.15) is 19.3 Å². The fourth-order valence-electron chi connectivity index (χ4n) is 1.08. The van der Waals surface area contributed by atoms with E-state index in [1.807, 2.05) is 0 Å². The third-order valence-corrected chi connectivity index (χ3v) is 2.83. The van der Waals surface area contributed by atoms with Crippen LogP contribution < -0.4 is 5.14 Å². The molecular formula is C7H15NO3S. The maximum absolute atomic E-state index is 10.5. The molecule has 72 valence electrons. The first kappa shape index (κ1) is 9.95. The van der Waals surface area contributed by atoms with Crippen LogP contribution in [0.3, 0.4) is 0 Å². The molecule has 1 aliphatic rings. The lowest BCUT2D eigenvalue weighted by molar-refractivity contribution is 0.0799. The van der Waals surface area contributed by atoms with Crippen molar-refractivity contribution in [2.45, 2.75) is 19.3 Å². The van der Waals surface area contributed by atoms with Crippen molar-refractivity contribution in [3.05, 3.63) is 0 Å². The van der Waals surface area contributed by atoms with Crippen molar-refractivity contribution in [2.75, 3.05) is 19.0 Å². The van der Waals surface area contributed by atoms with Crippen LogP contribution >= 0.6 is 0 Å². The van der Waals surface area contributed by atoms with E-state index in [2.05, 4.69) is 0 Å². The van der Waals surface area contributed by atoms with E-state index in [0.29, 0.717) is 12.5 Å². The summed E-state index contributed by atoms with van der Waals surface area (Å²) in [4.78, 5) is 0. The predicted molar refractivity (Wildman–Crippen MR) is 46.1 cm³/mol. The molecule has 0 amide bonds. The van der Waals surface area contributed by atoms with Gasteiger partial charge in [-0.1, -0.05) is 6.42 Å². The Morgan fingerprint density at radius 3 is 2.50 bits per heavy atom.